The molecule has 1 aliphatic heterocycles. The summed E-state index contributed by atoms with van der Waals surface area (Å²) < 4.78 is 94.5. The van der Waals surface area contributed by atoms with Crippen LogP contribution >= 0.6 is 69.9 Å². The van der Waals surface area contributed by atoms with E-state index >= 15 is 0 Å². The van der Waals surface area contributed by atoms with E-state index in [0.29, 0.717) is 34.1 Å². The van der Waals surface area contributed by atoms with Crippen LogP contribution in [0.2, 0.25) is 20.1 Å². The van der Waals surface area contributed by atoms with Gasteiger partial charge in [-0.05, 0) is 43.7 Å². The summed E-state index contributed by atoms with van der Waals surface area (Å²) in [5.74, 6) is 0.0190. The van der Waals surface area contributed by atoms with Gasteiger partial charge in [0.05, 0.1) is 59.9 Å². The number of thioether (sulfide) groups is 2. The third kappa shape index (κ3) is 7.37. The number of nitrogens with zero attached hydrogens (tertiary/aromatic N) is 5. The molecule has 0 radical (unpaired) electrons. The SMILES string of the molecule is CSc1c(/C(C)=N/c2c(SC)c(C3OCC(CO)O3)nn2-c2c(Cl)cc(C(F)(F)F)cc2Cl)nn(-c2c(Cl)cc(C(F)(F)F)cc2Cl)c1N. The Morgan fingerprint density at radius 1 is 0.898 bits per heavy atom. The second-order valence-electron chi connectivity index (χ2n) is 10.2. The number of alkyl halides is 6. The molecule has 264 valence electrons. The minimum atomic E-state index is -4.75. The molecule has 3 heterocycles. The maximum Gasteiger partial charge on any atom is 0.416 e. The van der Waals surface area contributed by atoms with Crippen LogP contribution in [0, 0.1) is 0 Å². The van der Waals surface area contributed by atoms with Crippen molar-refractivity contribution in [3.8, 4) is 11.4 Å². The van der Waals surface area contributed by atoms with Crippen molar-refractivity contribution in [3.63, 3.8) is 0 Å². The zero-order valence-corrected chi connectivity index (χ0v) is 29.7. The van der Waals surface area contributed by atoms with Gasteiger partial charge in [0.2, 0.25) is 6.29 Å². The first kappa shape index (κ1) is 37.9. The summed E-state index contributed by atoms with van der Waals surface area (Å²) >= 11 is 27.6. The Bertz CT molecular complexity index is 1910. The molecule has 2 unspecified atom stereocenters. The summed E-state index contributed by atoms with van der Waals surface area (Å²) in [5, 5.41) is 17.1. The van der Waals surface area contributed by atoms with Crippen molar-refractivity contribution >= 4 is 87.3 Å². The van der Waals surface area contributed by atoms with E-state index in [1.165, 1.54) is 0 Å². The molecule has 2 aromatic carbocycles. The van der Waals surface area contributed by atoms with Gasteiger partial charge in [0, 0.05) is 0 Å². The monoisotopic (exact) mass is 808 g/mol. The van der Waals surface area contributed by atoms with E-state index in [4.69, 9.17) is 66.6 Å². The smallest absolute Gasteiger partial charge is 0.394 e. The van der Waals surface area contributed by atoms with Gasteiger partial charge in [0.25, 0.3) is 0 Å². The highest BCUT2D eigenvalue weighted by Gasteiger charge is 2.37. The second kappa shape index (κ2) is 14.3. The fourth-order valence-corrected chi connectivity index (χ4v) is 7.44. The molecular weight excluding hydrogens is 788 g/mol. The zero-order chi connectivity index (χ0) is 36.2. The molecule has 0 amide bonds. The van der Waals surface area contributed by atoms with Crippen molar-refractivity contribution in [2.24, 2.45) is 4.99 Å². The Kier molecular flexibility index (Phi) is 11.1. The average molecular weight is 810 g/mol. The molecule has 49 heavy (non-hydrogen) atoms. The maximum atomic E-state index is 13.6. The number of hydrogen-bond acceptors (Lipinski definition) is 9. The predicted molar refractivity (Wildman–Crippen MR) is 178 cm³/mol. The summed E-state index contributed by atoms with van der Waals surface area (Å²) in [5.41, 5.74) is 4.49. The molecule has 1 aliphatic rings. The Hall–Kier alpha value is -2.35. The summed E-state index contributed by atoms with van der Waals surface area (Å²) in [6, 6.07) is 2.78. The van der Waals surface area contributed by atoms with E-state index in [1.54, 1.807) is 19.4 Å². The third-order valence-electron chi connectivity index (χ3n) is 7.03. The van der Waals surface area contributed by atoms with Crippen LogP contribution in [-0.2, 0) is 21.8 Å². The molecule has 1 fully saturated rings. The van der Waals surface area contributed by atoms with E-state index in [1.807, 2.05) is 0 Å². The van der Waals surface area contributed by atoms with Crippen molar-refractivity contribution in [2.45, 2.75) is 41.5 Å². The quantitative estimate of drug-likeness (QED) is 0.103. The fourth-order valence-electron chi connectivity index (χ4n) is 4.80. The molecule has 0 aliphatic carbocycles. The number of nitrogens with two attached hydrogens (primary N) is 1. The van der Waals surface area contributed by atoms with Crippen LogP contribution in [0.4, 0.5) is 38.0 Å². The lowest BCUT2D eigenvalue weighted by Gasteiger charge is -2.14. The lowest BCUT2D eigenvalue weighted by molar-refractivity contribution is -0.138. The zero-order valence-electron chi connectivity index (χ0n) is 25.1. The highest BCUT2D eigenvalue weighted by molar-refractivity contribution is 7.99. The van der Waals surface area contributed by atoms with Gasteiger partial charge in [-0.1, -0.05) is 46.4 Å². The summed E-state index contributed by atoms with van der Waals surface area (Å²) in [7, 11) is 0. The van der Waals surface area contributed by atoms with Crippen LogP contribution in [0.3, 0.4) is 0 Å². The van der Waals surface area contributed by atoms with E-state index in [2.05, 4.69) is 10.2 Å². The first-order chi connectivity index (χ1) is 22.9. The number of aliphatic imine (C=N–C) groups is 1. The molecular formula is C28H22Cl4F6N6O3S2. The molecule has 4 aromatic rings. The number of aliphatic hydroxyl groups excluding tert-OH is 1. The molecule has 2 aromatic heterocycles. The number of halogens is 10. The van der Waals surface area contributed by atoms with Gasteiger partial charge in [-0.2, -0.15) is 36.5 Å². The molecule has 2 atom stereocenters. The highest BCUT2D eigenvalue weighted by atomic mass is 35.5. The van der Waals surface area contributed by atoms with Crippen LogP contribution in [0.15, 0.2) is 39.0 Å². The van der Waals surface area contributed by atoms with E-state index in [0.717, 1.165) is 32.9 Å². The number of benzene rings is 2. The predicted octanol–water partition coefficient (Wildman–Crippen LogP) is 9.28. The van der Waals surface area contributed by atoms with Crippen LogP contribution in [0.5, 0.6) is 0 Å². The van der Waals surface area contributed by atoms with Gasteiger partial charge in [-0.15, -0.1) is 23.5 Å². The maximum absolute atomic E-state index is 13.6. The minimum absolute atomic E-state index is 0.0171. The summed E-state index contributed by atoms with van der Waals surface area (Å²) in [6.07, 6.45) is -7.88. The van der Waals surface area contributed by atoms with Gasteiger partial charge in [-0.3, -0.25) is 0 Å². The van der Waals surface area contributed by atoms with Crippen LogP contribution in [-0.4, -0.2) is 62.2 Å². The standard InChI is InChI=1S/C28H22Cl4F6N6O3S2/c1-10(18-22(48-2)24(39)43(41-18)20-14(29)4-11(5-15(20)30)27(33,34)35)40-25-23(49-3)19(26-46-9-13(8-45)47-26)42-44(25)21-16(31)6-12(7-17(21)32)28(36,37)38/h4-7,13,26,45H,8-9,39H2,1-3H3/b40-10+. The van der Waals surface area contributed by atoms with Gasteiger partial charge in [0.15, 0.2) is 5.82 Å². The summed E-state index contributed by atoms with van der Waals surface area (Å²) in [4.78, 5) is 5.45. The number of aliphatic hydroxyl groups is 1. The molecule has 0 spiro atoms. The van der Waals surface area contributed by atoms with E-state index in [-0.39, 0.29) is 63.4 Å². The Balaban J connectivity index is 1.72. The van der Waals surface area contributed by atoms with Gasteiger partial charge in [-0.25, -0.2) is 14.4 Å². The first-order valence-corrected chi connectivity index (χ1v) is 17.5. The van der Waals surface area contributed by atoms with Gasteiger partial charge in [0.1, 0.15) is 34.7 Å². The number of rotatable bonds is 8. The molecule has 0 bridgehead atoms. The highest BCUT2D eigenvalue weighted by Crippen LogP contribution is 2.45. The lowest BCUT2D eigenvalue weighted by Crippen LogP contribution is -2.14. The van der Waals surface area contributed by atoms with Crippen LogP contribution in [0.25, 0.3) is 11.4 Å². The number of aromatic nitrogens is 4. The third-order valence-corrected chi connectivity index (χ3v) is 9.80. The molecule has 5 rings (SSSR count). The van der Waals surface area contributed by atoms with E-state index < -0.39 is 45.9 Å². The largest absolute Gasteiger partial charge is 0.416 e. The number of ether oxygens (including phenoxy) is 2. The van der Waals surface area contributed by atoms with Crippen LogP contribution in [0.1, 0.15) is 35.7 Å². The van der Waals surface area contributed by atoms with Crippen molar-refractivity contribution in [1.29, 1.82) is 0 Å². The molecule has 3 N–H and O–H groups in total. The number of nitrogen functional groups attached to an aromatic ring is 1. The van der Waals surface area contributed by atoms with Crippen molar-refractivity contribution in [3.05, 3.63) is 66.9 Å². The topological polar surface area (TPSA) is 113 Å². The average Bonchev–Trinajstić information content (AvgIpc) is 3.71. The molecule has 9 nitrogen and oxygen atoms in total. The van der Waals surface area contributed by atoms with Gasteiger partial charge < -0.3 is 20.3 Å². The van der Waals surface area contributed by atoms with Crippen molar-refractivity contribution < 1.29 is 40.9 Å². The Morgan fingerprint density at radius 3 is 1.82 bits per heavy atom. The van der Waals surface area contributed by atoms with Crippen LogP contribution < -0.4 is 5.73 Å². The molecule has 1 saturated heterocycles. The Morgan fingerprint density at radius 2 is 1.39 bits per heavy atom. The normalized spacial score (nSPS) is 17.4. The number of hydrogen-bond donors (Lipinski definition) is 2. The molecule has 0 saturated carbocycles. The van der Waals surface area contributed by atoms with E-state index in [9.17, 15) is 31.4 Å². The molecule has 21 heteroatoms. The number of anilines is 1. The second-order valence-corrected chi connectivity index (χ2v) is 13.5. The van der Waals surface area contributed by atoms with Gasteiger partial charge >= 0.3 is 12.4 Å². The van der Waals surface area contributed by atoms with Crippen molar-refractivity contribution in [1.82, 2.24) is 19.6 Å². The lowest BCUT2D eigenvalue weighted by atomic mass is 10.2. The summed E-state index contributed by atoms with van der Waals surface area (Å²) in [6.45, 7) is 1.23. The first-order valence-electron chi connectivity index (χ1n) is 13.6. The Labute approximate surface area is 302 Å². The minimum Gasteiger partial charge on any atom is -0.394 e. The fraction of sp³-hybridized carbons (Fsp3) is 0.321. The van der Waals surface area contributed by atoms with Crippen molar-refractivity contribution in [2.75, 3.05) is 31.5 Å².